The Labute approximate surface area is 135 Å². The molecule has 4 heteroatoms. The number of halogens is 1. The van der Waals surface area contributed by atoms with E-state index in [4.69, 9.17) is 9.84 Å². The van der Waals surface area contributed by atoms with Crippen LogP contribution < -0.4 is 4.74 Å². The molecule has 1 aromatic heterocycles. The monoisotopic (exact) mass is 351 g/mol. The van der Waals surface area contributed by atoms with E-state index in [1.807, 2.05) is 48.7 Å². The maximum atomic E-state index is 8.51. The third-order valence-corrected chi connectivity index (χ3v) is 3.20. The Morgan fingerprint density at radius 2 is 1.86 bits per heavy atom. The molecule has 0 radical (unpaired) electrons. The Bertz CT molecular complexity index is 451. The second-order valence-electron chi connectivity index (χ2n) is 4.39. The summed E-state index contributed by atoms with van der Waals surface area (Å²) in [7, 11) is 0. The minimum atomic E-state index is 0.259. The molecule has 0 amide bonds. The molecular formula is C17H22BrNO2. The third-order valence-electron chi connectivity index (χ3n) is 2.64. The first kappa shape index (κ1) is 17.7. The highest BCUT2D eigenvalue weighted by Gasteiger charge is 1.89. The molecule has 0 saturated heterocycles. The number of aliphatic hydroxyl groups is 1. The molecule has 0 spiro atoms. The van der Waals surface area contributed by atoms with E-state index in [0.29, 0.717) is 0 Å². The van der Waals surface area contributed by atoms with E-state index in [1.165, 1.54) is 5.56 Å². The van der Waals surface area contributed by atoms with Crippen LogP contribution in [0.2, 0.25) is 0 Å². The van der Waals surface area contributed by atoms with Gasteiger partial charge in [0.1, 0.15) is 5.75 Å². The lowest BCUT2D eigenvalue weighted by atomic mass is 10.2. The van der Waals surface area contributed by atoms with Gasteiger partial charge in [-0.1, -0.05) is 40.2 Å². The van der Waals surface area contributed by atoms with Crippen molar-refractivity contribution in [3.63, 3.8) is 0 Å². The summed E-state index contributed by atoms with van der Waals surface area (Å²) in [6.07, 6.45) is 6.38. The largest absolute Gasteiger partial charge is 0.494 e. The van der Waals surface area contributed by atoms with Gasteiger partial charge < -0.3 is 9.84 Å². The van der Waals surface area contributed by atoms with Crippen LogP contribution in [0.25, 0.3) is 0 Å². The fourth-order valence-corrected chi connectivity index (χ4v) is 1.82. The van der Waals surface area contributed by atoms with E-state index < -0.39 is 0 Å². The average molecular weight is 352 g/mol. The normalized spacial score (nSPS) is 9.62. The number of pyridine rings is 1. The Morgan fingerprint density at radius 3 is 2.48 bits per heavy atom. The standard InChI is InChI=1S/C9H11BrO.C8H11NO/c10-7-4-8-11-9-5-2-1-3-6-9;10-6-2-4-8-3-1-5-9-7-8/h1-3,5-6H,4,7-8H2;1,3,5,7,10H,2,4,6H2. The van der Waals surface area contributed by atoms with Crippen LogP contribution in [-0.2, 0) is 6.42 Å². The smallest absolute Gasteiger partial charge is 0.119 e. The van der Waals surface area contributed by atoms with E-state index in [1.54, 1.807) is 6.20 Å². The number of rotatable bonds is 7. The Balaban J connectivity index is 0.000000211. The maximum Gasteiger partial charge on any atom is 0.119 e. The first-order chi connectivity index (χ1) is 10.4. The Hall–Kier alpha value is -1.39. The predicted molar refractivity (Wildman–Crippen MR) is 90.0 cm³/mol. The zero-order valence-corrected chi connectivity index (χ0v) is 13.7. The molecule has 1 N–H and O–H groups in total. The molecule has 3 nitrogen and oxygen atoms in total. The topological polar surface area (TPSA) is 42.4 Å². The molecule has 2 aromatic rings. The molecule has 114 valence electrons. The number of aromatic nitrogens is 1. The van der Waals surface area contributed by atoms with Crippen molar-refractivity contribution < 1.29 is 9.84 Å². The van der Waals surface area contributed by atoms with Crippen molar-refractivity contribution in [3.8, 4) is 5.75 Å². The summed E-state index contributed by atoms with van der Waals surface area (Å²) in [6, 6.07) is 13.8. The number of para-hydroxylation sites is 1. The van der Waals surface area contributed by atoms with Crippen LogP contribution in [0.1, 0.15) is 18.4 Å². The SMILES string of the molecule is BrCCCOc1ccccc1.OCCCc1cccnc1. The minimum absolute atomic E-state index is 0.259. The van der Waals surface area contributed by atoms with Crippen molar-refractivity contribution in [2.45, 2.75) is 19.3 Å². The van der Waals surface area contributed by atoms with Crippen molar-refractivity contribution in [1.29, 1.82) is 0 Å². The van der Waals surface area contributed by atoms with Gasteiger partial charge in [-0.2, -0.15) is 0 Å². The highest BCUT2D eigenvalue weighted by Crippen LogP contribution is 2.08. The van der Waals surface area contributed by atoms with E-state index >= 15 is 0 Å². The summed E-state index contributed by atoms with van der Waals surface area (Å²) >= 11 is 3.34. The Morgan fingerprint density at radius 1 is 1.05 bits per heavy atom. The van der Waals surface area contributed by atoms with Crippen LogP contribution in [0.4, 0.5) is 0 Å². The van der Waals surface area contributed by atoms with Gasteiger partial charge in [0.05, 0.1) is 6.61 Å². The number of ether oxygens (including phenoxy) is 1. The van der Waals surface area contributed by atoms with Crippen LogP contribution in [0.5, 0.6) is 5.75 Å². The molecule has 21 heavy (non-hydrogen) atoms. The minimum Gasteiger partial charge on any atom is -0.494 e. The van der Waals surface area contributed by atoms with Crippen molar-refractivity contribution in [3.05, 3.63) is 60.4 Å². The molecule has 1 aromatic carbocycles. The molecule has 0 saturated carbocycles. The van der Waals surface area contributed by atoms with Crippen LogP contribution in [-0.4, -0.2) is 28.6 Å². The quantitative estimate of drug-likeness (QED) is 0.608. The van der Waals surface area contributed by atoms with Gasteiger partial charge in [-0.25, -0.2) is 0 Å². The summed E-state index contributed by atoms with van der Waals surface area (Å²) in [5.74, 6) is 0.952. The van der Waals surface area contributed by atoms with Crippen molar-refractivity contribution >= 4 is 15.9 Å². The number of aryl methyl sites for hydroxylation is 1. The molecule has 0 unspecified atom stereocenters. The summed E-state index contributed by atoms with van der Waals surface area (Å²) in [6.45, 7) is 1.05. The van der Waals surface area contributed by atoms with Gasteiger partial charge in [-0.05, 0) is 43.0 Å². The molecule has 0 bridgehead atoms. The van der Waals surface area contributed by atoms with Crippen molar-refractivity contribution in [2.75, 3.05) is 18.5 Å². The second kappa shape index (κ2) is 12.4. The van der Waals surface area contributed by atoms with Gasteiger partial charge in [0.2, 0.25) is 0 Å². The van der Waals surface area contributed by atoms with Gasteiger partial charge in [0, 0.05) is 24.3 Å². The molecule has 1 heterocycles. The van der Waals surface area contributed by atoms with Gasteiger partial charge in [0.25, 0.3) is 0 Å². The lowest BCUT2D eigenvalue weighted by molar-refractivity contribution is 0.288. The number of hydrogen-bond acceptors (Lipinski definition) is 3. The summed E-state index contributed by atoms with van der Waals surface area (Å²) in [4.78, 5) is 3.96. The van der Waals surface area contributed by atoms with Crippen molar-refractivity contribution in [1.82, 2.24) is 4.98 Å². The lowest BCUT2D eigenvalue weighted by Crippen LogP contribution is -1.96. The highest BCUT2D eigenvalue weighted by molar-refractivity contribution is 9.09. The number of nitrogens with zero attached hydrogens (tertiary/aromatic N) is 1. The van der Waals surface area contributed by atoms with Gasteiger partial charge in [0.15, 0.2) is 0 Å². The van der Waals surface area contributed by atoms with Crippen LogP contribution in [0.3, 0.4) is 0 Å². The first-order valence-electron chi connectivity index (χ1n) is 7.10. The predicted octanol–water partition coefficient (Wildman–Crippen LogP) is 3.86. The second-order valence-corrected chi connectivity index (χ2v) is 5.19. The van der Waals surface area contributed by atoms with E-state index in [-0.39, 0.29) is 6.61 Å². The summed E-state index contributed by atoms with van der Waals surface area (Å²) in [5.41, 5.74) is 1.19. The van der Waals surface area contributed by atoms with Gasteiger partial charge >= 0.3 is 0 Å². The number of alkyl halides is 1. The van der Waals surface area contributed by atoms with Crippen LogP contribution >= 0.6 is 15.9 Å². The summed E-state index contributed by atoms with van der Waals surface area (Å²) in [5, 5.41) is 9.51. The maximum absolute atomic E-state index is 8.51. The molecule has 0 fully saturated rings. The van der Waals surface area contributed by atoms with Crippen LogP contribution in [0.15, 0.2) is 54.9 Å². The molecule has 0 aliphatic heterocycles. The zero-order valence-electron chi connectivity index (χ0n) is 12.1. The fourth-order valence-electron chi connectivity index (χ4n) is 1.59. The molecule has 0 atom stereocenters. The van der Waals surface area contributed by atoms with E-state index in [2.05, 4.69) is 20.9 Å². The van der Waals surface area contributed by atoms with Gasteiger partial charge in [-0.15, -0.1) is 0 Å². The Kier molecular flexibility index (Phi) is 10.4. The fraction of sp³-hybridized carbons (Fsp3) is 0.353. The van der Waals surface area contributed by atoms with Crippen molar-refractivity contribution in [2.24, 2.45) is 0 Å². The van der Waals surface area contributed by atoms with Crippen LogP contribution in [0, 0.1) is 0 Å². The van der Waals surface area contributed by atoms with Gasteiger partial charge in [-0.3, -0.25) is 4.98 Å². The van der Waals surface area contributed by atoms with E-state index in [0.717, 1.165) is 36.9 Å². The first-order valence-corrected chi connectivity index (χ1v) is 8.22. The summed E-state index contributed by atoms with van der Waals surface area (Å²) < 4.78 is 5.42. The zero-order chi connectivity index (χ0) is 15.2. The molecule has 2 rings (SSSR count). The average Bonchev–Trinajstić information content (AvgIpc) is 2.56. The molecule has 0 aliphatic carbocycles. The number of benzene rings is 1. The molecule has 0 aliphatic rings. The third kappa shape index (κ3) is 9.21. The lowest BCUT2D eigenvalue weighted by Gasteiger charge is -2.02. The number of aliphatic hydroxyl groups excluding tert-OH is 1. The molecular weight excluding hydrogens is 330 g/mol. The van der Waals surface area contributed by atoms with E-state index in [9.17, 15) is 0 Å². The highest BCUT2D eigenvalue weighted by atomic mass is 79.9. The number of hydrogen-bond donors (Lipinski definition) is 1.